The summed E-state index contributed by atoms with van der Waals surface area (Å²) in [5.41, 5.74) is 0. The van der Waals surface area contributed by atoms with Gasteiger partial charge in [0.25, 0.3) is 0 Å². The lowest BCUT2D eigenvalue weighted by atomic mass is 10.2. The molecule has 1 heterocycles. The van der Waals surface area contributed by atoms with Gasteiger partial charge in [-0.2, -0.15) is 4.31 Å². The SMILES string of the molecule is O=S(=O)(c1ccc(F)cc1Cl)N1CCCCC1. The van der Waals surface area contributed by atoms with Gasteiger partial charge in [-0.1, -0.05) is 18.0 Å². The van der Waals surface area contributed by atoms with Gasteiger partial charge in [0.1, 0.15) is 10.7 Å². The number of sulfonamides is 1. The van der Waals surface area contributed by atoms with Gasteiger partial charge >= 0.3 is 0 Å². The molecular formula is C11H13ClFNO2S. The van der Waals surface area contributed by atoms with Crippen LogP contribution in [-0.2, 0) is 10.0 Å². The molecule has 17 heavy (non-hydrogen) atoms. The fourth-order valence-corrected chi connectivity index (χ4v) is 3.95. The van der Waals surface area contributed by atoms with Gasteiger partial charge in [0.15, 0.2) is 0 Å². The first-order chi connectivity index (χ1) is 8.01. The number of nitrogens with zero attached hydrogens (tertiary/aromatic N) is 1. The Morgan fingerprint density at radius 2 is 1.82 bits per heavy atom. The van der Waals surface area contributed by atoms with Gasteiger partial charge in [0.2, 0.25) is 10.0 Å². The normalized spacial score (nSPS) is 18.2. The highest BCUT2D eigenvalue weighted by Crippen LogP contribution is 2.27. The van der Waals surface area contributed by atoms with E-state index < -0.39 is 15.8 Å². The molecule has 0 N–H and O–H groups in total. The highest BCUT2D eigenvalue weighted by atomic mass is 35.5. The lowest BCUT2D eigenvalue weighted by Gasteiger charge is -2.26. The number of rotatable bonds is 2. The molecule has 1 aliphatic heterocycles. The average molecular weight is 278 g/mol. The standard InChI is InChI=1S/C11H13ClFNO2S/c12-10-8-9(13)4-5-11(10)17(15,16)14-6-2-1-3-7-14/h4-5,8H,1-3,6-7H2. The molecule has 3 nitrogen and oxygen atoms in total. The largest absolute Gasteiger partial charge is 0.244 e. The third kappa shape index (κ3) is 2.61. The van der Waals surface area contributed by atoms with Crippen LogP contribution in [0.2, 0.25) is 5.02 Å². The molecular weight excluding hydrogens is 265 g/mol. The molecule has 0 bridgehead atoms. The van der Waals surface area contributed by atoms with Crippen LogP contribution in [-0.4, -0.2) is 25.8 Å². The van der Waals surface area contributed by atoms with Crippen LogP contribution >= 0.6 is 11.6 Å². The lowest BCUT2D eigenvalue weighted by molar-refractivity contribution is 0.346. The topological polar surface area (TPSA) is 37.4 Å². The molecule has 0 spiro atoms. The van der Waals surface area contributed by atoms with Crippen molar-refractivity contribution in [1.82, 2.24) is 4.31 Å². The molecule has 1 aromatic rings. The summed E-state index contributed by atoms with van der Waals surface area (Å²) in [7, 11) is -3.57. The van der Waals surface area contributed by atoms with Gasteiger partial charge in [-0.25, -0.2) is 12.8 Å². The van der Waals surface area contributed by atoms with Gasteiger partial charge in [-0.3, -0.25) is 0 Å². The Hall–Kier alpha value is -0.650. The monoisotopic (exact) mass is 277 g/mol. The molecule has 1 fully saturated rings. The molecule has 6 heteroatoms. The van der Waals surface area contributed by atoms with Crippen molar-refractivity contribution in [2.45, 2.75) is 24.2 Å². The maximum atomic E-state index is 12.9. The molecule has 0 radical (unpaired) electrons. The highest BCUT2D eigenvalue weighted by molar-refractivity contribution is 7.89. The van der Waals surface area contributed by atoms with Crippen molar-refractivity contribution in [3.05, 3.63) is 29.0 Å². The minimum Gasteiger partial charge on any atom is -0.207 e. The lowest BCUT2D eigenvalue weighted by Crippen LogP contribution is -2.35. The number of hydrogen-bond acceptors (Lipinski definition) is 2. The number of halogens is 2. The van der Waals surface area contributed by atoms with Crippen molar-refractivity contribution in [3.63, 3.8) is 0 Å². The smallest absolute Gasteiger partial charge is 0.207 e. The van der Waals surface area contributed by atoms with Gasteiger partial charge < -0.3 is 0 Å². The van der Waals surface area contributed by atoms with E-state index in [9.17, 15) is 12.8 Å². The Labute approximate surface area is 105 Å². The van der Waals surface area contributed by atoms with E-state index in [-0.39, 0.29) is 9.92 Å². The predicted octanol–water partition coefficient (Wildman–Crippen LogP) is 2.65. The summed E-state index contributed by atoms with van der Waals surface area (Å²) < 4.78 is 38.8. The van der Waals surface area contributed by atoms with Crippen molar-refractivity contribution < 1.29 is 12.8 Å². The van der Waals surface area contributed by atoms with Crippen molar-refractivity contribution >= 4 is 21.6 Å². The summed E-state index contributed by atoms with van der Waals surface area (Å²) in [5, 5.41) is -0.0597. The van der Waals surface area contributed by atoms with Crippen LogP contribution < -0.4 is 0 Å². The molecule has 0 unspecified atom stereocenters. The molecule has 0 aliphatic carbocycles. The first-order valence-electron chi connectivity index (χ1n) is 5.47. The van der Waals surface area contributed by atoms with Crippen LogP contribution in [0.3, 0.4) is 0 Å². The minimum absolute atomic E-state index is 0.0116. The van der Waals surface area contributed by atoms with E-state index >= 15 is 0 Å². The van der Waals surface area contributed by atoms with E-state index in [4.69, 9.17) is 11.6 Å². The quantitative estimate of drug-likeness (QED) is 0.833. The van der Waals surface area contributed by atoms with E-state index in [2.05, 4.69) is 0 Å². The second kappa shape index (κ2) is 4.92. The third-order valence-electron chi connectivity index (χ3n) is 2.83. The van der Waals surface area contributed by atoms with Crippen LogP contribution in [0.25, 0.3) is 0 Å². The summed E-state index contributed by atoms with van der Waals surface area (Å²) in [6.07, 6.45) is 2.76. The fraction of sp³-hybridized carbons (Fsp3) is 0.455. The van der Waals surface area contributed by atoms with Gasteiger partial charge in [-0.05, 0) is 31.0 Å². The molecule has 0 amide bonds. The van der Waals surface area contributed by atoms with Crippen molar-refractivity contribution in [2.75, 3.05) is 13.1 Å². The van der Waals surface area contributed by atoms with Crippen LogP contribution in [0.15, 0.2) is 23.1 Å². The average Bonchev–Trinajstić information content (AvgIpc) is 2.29. The van der Waals surface area contributed by atoms with Crippen molar-refractivity contribution in [3.8, 4) is 0 Å². The molecule has 0 atom stereocenters. The van der Waals surface area contributed by atoms with Crippen LogP contribution in [0.1, 0.15) is 19.3 Å². The van der Waals surface area contributed by atoms with Crippen molar-refractivity contribution in [1.29, 1.82) is 0 Å². The van der Waals surface area contributed by atoms with Crippen LogP contribution in [0, 0.1) is 5.82 Å². The van der Waals surface area contributed by atoms with E-state index in [1.165, 1.54) is 10.4 Å². The Balaban J connectivity index is 2.37. The second-order valence-electron chi connectivity index (χ2n) is 4.04. The van der Waals surface area contributed by atoms with E-state index in [1.807, 2.05) is 0 Å². The number of benzene rings is 1. The molecule has 1 aromatic carbocycles. The van der Waals surface area contributed by atoms with Gasteiger partial charge in [0.05, 0.1) is 5.02 Å². The third-order valence-corrected chi connectivity index (χ3v) is 5.21. The summed E-state index contributed by atoms with van der Waals surface area (Å²) in [5.74, 6) is -0.535. The predicted molar refractivity (Wildman–Crippen MR) is 64.0 cm³/mol. The number of hydrogen-bond donors (Lipinski definition) is 0. The first-order valence-corrected chi connectivity index (χ1v) is 7.29. The molecule has 0 aromatic heterocycles. The molecule has 1 aliphatic rings. The Kier molecular flexibility index (Phi) is 3.70. The summed E-state index contributed by atoms with van der Waals surface area (Å²) in [4.78, 5) is -0.0116. The first kappa shape index (κ1) is 12.8. The fourth-order valence-electron chi connectivity index (χ4n) is 1.93. The zero-order valence-corrected chi connectivity index (χ0v) is 10.8. The highest BCUT2D eigenvalue weighted by Gasteiger charge is 2.27. The second-order valence-corrected chi connectivity index (χ2v) is 6.35. The minimum atomic E-state index is -3.57. The summed E-state index contributed by atoms with van der Waals surface area (Å²) >= 11 is 5.79. The maximum absolute atomic E-state index is 12.9. The van der Waals surface area contributed by atoms with Crippen molar-refractivity contribution in [2.24, 2.45) is 0 Å². The Bertz CT molecular complexity index is 512. The molecule has 94 valence electrons. The zero-order chi connectivity index (χ0) is 12.5. The summed E-state index contributed by atoms with van der Waals surface area (Å²) in [6, 6.07) is 3.36. The Morgan fingerprint density at radius 1 is 1.18 bits per heavy atom. The van der Waals surface area contributed by atoms with E-state index in [0.717, 1.165) is 31.4 Å². The van der Waals surface area contributed by atoms with E-state index in [0.29, 0.717) is 13.1 Å². The maximum Gasteiger partial charge on any atom is 0.244 e. The van der Waals surface area contributed by atoms with Crippen LogP contribution in [0.5, 0.6) is 0 Å². The molecule has 1 saturated heterocycles. The van der Waals surface area contributed by atoms with Gasteiger partial charge in [-0.15, -0.1) is 0 Å². The van der Waals surface area contributed by atoms with Gasteiger partial charge in [0, 0.05) is 13.1 Å². The molecule has 2 rings (SSSR count). The Morgan fingerprint density at radius 3 is 2.41 bits per heavy atom. The van der Waals surface area contributed by atoms with E-state index in [1.54, 1.807) is 0 Å². The summed E-state index contributed by atoms with van der Waals surface area (Å²) in [6.45, 7) is 1.02. The van der Waals surface area contributed by atoms with Crippen LogP contribution in [0.4, 0.5) is 4.39 Å². The zero-order valence-electron chi connectivity index (χ0n) is 9.20. The number of piperidine rings is 1. The molecule has 0 saturated carbocycles.